The zero-order valence-corrected chi connectivity index (χ0v) is 14.4. The number of rotatable bonds is 5. The van der Waals surface area contributed by atoms with Gasteiger partial charge in [0.15, 0.2) is 0 Å². The lowest BCUT2D eigenvalue weighted by Gasteiger charge is -2.36. The van der Waals surface area contributed by atoms with Crippen LogP contribution >= 0.6 is 0 Å². The topological polar surface area (TPSA) is 3.24 Å². The van der Waals surface area contributed by atoms with Crippen molar-refractivity contribution in [3.63, 3.8) is 0 Å². The highest BCUT2D eigenvalue weighted by atomic mass is 15.2. The molecule has 0 aromatic carbocycles. The van der Waals surface area contributed by atoms with Crippen molar-refractivity contribution in [2.75, 3.05) is 13.1 Å². The van der Waals surface area contributed by atoms with Crippen molar-refractivity contribution in [1.29, 1.82) is 0 Å². The molecule has 1 aliphatic heterocycles. The average Bonchev–Trinajstić information content (AvgIpc) is 2.47. The summed E-state index contributed by atoms with van der Waals surface area (Å²) in [5, 5.41) is 0. The lowest BCUT2D eigenvalue weighted by molar-refractivity contribution is 0.163. The molecule has 2 rings (SSSR count). The van der Waals surface area contributed by atoms with E-state index >= 15 is 0 Å². The summed E-state index contributed by atoms with van der Waals surface area (Å²) in [5.41, 5.74) is 2.89. The van der Waals surface area contributed by atoms with Crippen molar-refractivity contribution in [2.45, 2.75) is 65.8 Å². The first-order valence-electron chi connectivity index (χ1n) is 8.80. The number of hydrogen-bond donors (Lipinski definition) is 0. The second kappa shape index (κ2) is 7.98. The summed E-state index contributed by atoms with van der Waals surface area (Å²) in [4.78, 5) is 2.72. The van der Waals surface area contributed by atoms with Crippen molar-refractivity contribution in [1.82, 2.24) is 4.90 Å². The molecule has 1 nitrogen and oxygen atoms in total. The Labute approximate surface area is 131 Å². The summed E-state index contributed by atoms with van der Waals surface area (Å²) in [5.74, 6) is 1.49. The van der Waals surface area contributed by atoms with Crippen LogP contribution in [0.3, 0.4) is 0 Å². The molecule has 0 amide bonds. The molecule has 0 N–H and O–H groups in total. The van der Waals surface area contributed by atoms with Gasteiger partial charge in [-0.05, 0) is 71.4 Å². The van der Waals surface area contributed by atoms with E-state index in [1.54, 1.807) is 0 Å². The van der Waals surface area contributed by atoms with Crippen molar-refractivity contribution in [3.05, 3.63) is 35.5 Å². The van der Waals surface area contributed by atoms with Gasteiger partial charge in [0.05, 0.1) is 0 Å². The van der Waals surface area contributed by atoms with Crippen LogP contribution in [-0.2, 0) is 0 Å². The Bertz CT molecular complexity index is 406. The smallest absolute Gasteiger partial charge is 0.0283 e. The fraction of sp³-hybridized carbons (Fsp3) is 0.700. The molecule has 0 spiro atoms. The van der Waals surface area contributed by atoms with Crippen LogP contribution in [0.15, 0.2) is 35.5 Å². The fourth-order valence-corrected chi connectivity index (χ4v) is 3.68. The van der Waals surface area contributed by atoms with Crippen LogP contribution in [0.1, 0.15) is 59.8 Å². The highest BCUT2D eigenvalue weighted by Crippen LogP contribution is 2.29. The van der Waals surface area contributed by atoms with Gasteiger partial charge in [-0.2, -0.15) is 0 Å². The zero-order valence-electron chi connectivity index (χ0n) is 14.4. The highest BCUT2D eigenvalue weighted by molar-refractivity contribution is 5.21. The van der Waals surface area contributed by atoms with Crippen molar-refractivity contribution < 1.29 is 0 Å². The monoisotopic (exact) mass is 287 g/mol. The molecular formula is C20H33N. The van der Waals surface area contributed by atoms with Crippen LogP contribution in [0.5, 0.6) is 0 Å². The van der Waals surface area contributed by atoms with Crippen LogP contribution in [0.4, 0.5) is 0 Å². The Morgan fingerprint density at radius 3 is 2.57 bits per heavy atom. The maximum Gasteiger partial charge on any atom is 0.0283 e. The van der Waals surface area contributed by atoms with Gasteiger partial charge in [0, 0.05) is 6.04 Å². The number of piperidine rings is 1. The largest absolute Gasteiger partial charge is 0.297 e. The third-order valence-corrected chi connectivity index (χ3v) is 5.05. The number of hydrogen-bond acceptors (Lipinski definition) is 1. The summed E-state index contributed by atoms with van der Waals surface area (Å²) in [6.45, 7) is 11.7. The molecule has 1 saturated heterocycles. The lowest BCUT2D eigenvalue weighted by atomic mass is 9.82. The predicted molar refractivity (Wildman–Crippen MR) is 93.4 cm³/mol. The molecule has 2 unspecified atom stereocenters. The van der Waals surface area contributed by atoms with Crippen LogP contribution < -0.4 is 0 Å². The third-order valence-electron chi connectivity index (χ3n) is 5.05. The predicted octanol–water partition coefficient (Wildman–Crippen LogP) is 5.36. The zero-order chi connectivity index (χ0) is 15.2. The van der Waals surface area contributed by atoms with Gasteiger partial charge < -0.3 is 0 Å². The molecule has 1 fully saturated rings. The van der Waals surface area contributed by atoms with Gasteiger partial charge in [-0.3, -0.25) is 4.90 Å². The first-order valence-corrected chi connectivity index (χ1v) is 8.80. The van der Waals surface area contributed by atoms with Crippen molar-refractivity contribution in [2.24, 2.45) is 11.8 Å². The Morgan fingerprint density at radius 2 is 2.00 bits per heavy atom. The normalized spacial score (nSPS) is 26.1. The minimum atomic E-state index is 0.644. The molecule has 1 heterocycles. The summed E-state index contributed by atoms with van der Waals surface area (Å²) >= 11 is 0. The van der Waals surface area contributed by atoms with Gasteiger partial charge >= 0.3 is 0 Å². The van der Waals surface area contributed by atoms with E-state index in [4.69, 9.17) is 0 Å². The molecule has 118 valence electrons. The Balaban J connectivity index is 1.97. The maximum absolute atomic E-state index is 2.72. The average molecular weight is 287 g/mol. The molecule has 0 saturated carbocycles. The number of likely N-dealkylation sites (tertiary alicyclic amines) is 1. The van der Waals surface area contributed by atoms with Gasteiger partial charge in [-0.25, -0.2) is 0 Å². The molecule has 1 heteroatoms. The molecule has 3 atom stereocenters. The van der Waals surface area contributed by atoms with Crippen LogP contribution in [-0.4, -0.2) is 24.0 Å². The molecule has 1 aliphatic carbocycles. The molecule has 0 aromatic rings. The van der Waals surface area contributed by atoms with Crippen molar-refractivity contribution in [3.8, 4) is 0 Å². The van der Waals surface area contributed by atoms with E-state index in [1.165, 1.54) is 56.3 Å². The van der Waals surface area contributed by atoms with Gasteiger partial charge in [0.1, 0.15) is 0 Å². The third kappa shape index (κ3) is 5.14. The Hall–Kier alpha value is -0.820. The van der Waals surface area contributed by atoms with E-state index in [2.05, 4.69) is 56.9 Å². The van der Waals surface area contributed by atoms with Crippen molar-refractivity contribution >= 4 is 0 Å². The minimum absolute atomic E-state index is 0.644. The first kappa shape index (κ1) is 16.5. The van der Waals surface area contributed by atoms with Crippen LogP contribution in [0.25, 0.3) is 0 Å². The number of nitrogens with zero attached hydrogens (tertiary/aromatic N) is 1. The maximum atomic E-state index is 2.72. The van der Waals surface area contributed by atoms with Gasteiger partial charge in [0.25, 0.3) is 0 Å². The summed E-state index contributed by atoms with van der Waals surface area (Å²) in [6.07, 6.45) is 16.4. The van der Waals surface area contributed by atoms with E-state index in [9.17, 15) is 0 Å². The molecule has 0 radical (unpaired) electrons. The summed E-state index contributed by atoms with van der Waals surface area (Å²) in [7, 11) is 0. The summed E-state index contributed by atoms with van der Waals surface area (Å²) in [6, 6.07) is 0.644. The van der Waals surface area contributed by atoms with Crippen LogP contribution in [0.2, 0.25) is 0 Å². The number of allylic oxidation sites excluding steroid dienone is 5. The first-order chi connectivity index (χ1) is 10.1. The van der Waals surface area contributed by atoms with Gasteiger partial charge in [-0.1, -0.05) is 48.8 Å². The molecular weight excluding hydrogens is 254 g/mol. The molecule has 0 aromatic heterocycles. The standard InChI is InChI=1S/C20H33N/c1-16(2)14-20(21-12-6-5-7-13-21)15-18(4)19-10-8-17(3)9-11-19/h8-10,14,18-20H,5-7,11-13,15H2,1-4H3/t18-,19?,20?/m0/s1. The van der Waals surface area contributed by atoms with E-state index < -0.39 is 0 Å². The van der Waals surface area contributed by atoms with Gasteiger partial charge in [-0.15, -0.1) is 0 Å². The minimum Gasteiger partial charge on any atom is -0.297 e. The van der Waals surface area contributed by atoms with E-state index in [-0.39, 0.29) is 0 Å². The highest BCUT2D eigenvalue weighted by Gasteiger charge is 2.24. The van der Waals surface area contributed by atoms with Crippen LogP contribution in [0, 0.1) is 11.8 Å². The SMILES string of the molecule is CC(C)=CC(C[C@H](C)C1C=CC(C)=CC1)N1CCCCC1. The molecule has 0 bridgehead atoms. The second-order valence-corrected chi connectivity index (χ2v) is 7.33. The summed E-state index contributed by atoms with van der Waals surface area (Å²) < 4.78 is 0. The van der Waals surface area contributed by atoms with E-state index in [1.807, 2.05) is 0 Å². The van der Waals surface area contributed by atoms with Gasteiger partial charge in [0.2, 0.25) is 0 Å². The quantitative estimate of drug-likeness (QED) is 0.616. The second-order valence-electron chi connectivity index (χ2n) is 7.33. The molecule has 21 heavy (non-hydrogen) atoms. The fourth-order valence-electron chi connectivity index (χ4n) is 3.68. The molecule has 2 aliphatic rings. The Kier molecular flexibility index (Phi) is 6.29. The van der Waals surface area contributed by atoms with E-state index in [0.29, 0.717) is 6.04 Å². The lowest BCUT2D eigenvalue weighted by Crippen LogP contribution is -2.39. The Morgan fingerprint density at radius 1 is 1.29 bits per heavy atom. The van der Waals surface area contributed by atoms with E-state index in [0.717, 1.165) is 11.8 Å².